The molecule has 0 fully saturated rings. The molecule has 120 valence electrons. The average molecular weight is 342 g/mol. The Kier molecular flexibility index (Phi) is 3.93. The van der Waals surface area contributed by atoms with Gasteiger partial charge >= 0.3 is 6.18 Å². The zero-order valence-electron chi connectivity index (χ0n) is 11.7. The largest absolute Gasteiger partial charge is 0.483 e. The van der Waals surface area contributed by atoms with Gasteiger partial charge in [0.25, 0.3) is 5.91 Å². The minimum absolute atomic E-state index is 0.000279. The highest BCUT2D eigenvalue weighted by molar-refractivity contribution is 6.30. The van der Waals surface area contributed by atoms with Crippen LogP contribution in [-0.4, -0.2) is 12.5 Å². The minimum Gasteiger partial charge on any atom is -0.483 e. The molecule has 2 aromatic rings. The number of nitrogens with zero attached hydrogens (tertiary/aromatic N) is 1. The first-order chi connectivity index (χ1) is 10.9. The molecule has 0 saturated carbocycles. The van der Waals surface area contributed by atoms with Gasteiger partial charge in [0.2, 0.25) is 0 Å². The number of hydrogen-bond donors (Lipinski definition) is 0. The molecule has 0 aliphatic carbocycles. The van der Waals surface area contributed by atoms with Crippen molar-refractivity contribution in [3.05, 3.63) is 58.6 Å². The molecule has 0 unspecified atom stereocenters. The van der Waals surface area contributed by atoms with Crippen molar-refractivity contribution >= 4 is 23.2 Å². The highest BCUT2D eigenvalue weighted by Gasteiger charge is 2.37. The first kappa shape index (κ1) is 15.7. The summed E-state index contributed by atoms with van der Waals surface area (Å²) >= 11 is 5.68. The van der Waals surface area contributed by atoms with Crippen molar-refractivity contribution in [3.63, 3.8) is 0 Å². The molecule has 3 nitrogen and oxygen atoms in total. The van der Waals surface area contributed by atoms with Gasteiger partial charge in [-0.2, -0.15) is 13.2 Å². The number of hydrogen-bond acceptors (Lipinski definition) is 2. The van der Waals surface area contributed by atoms with Gasteiger partial charge in [0.05, 0.1) is 17.8 Å². The summed E-state index contributed by atoms with van der Waals surface area (Å²) < 4.78 is 45.2. The number of carbonyl (C=O) groups is 1. The van der Waals surface area contributed by atoms with Gasteiger partial charge < -0.3 is 9.64 Å². The number of rotatable bonds is 1. The molecule has 0 bridgehead atoms. The molecule has 1 aliphatic rings. The summed E-state index contributed by atoms with van der Waals surface area (Å²) in [5, 5.41) is -0.0417. The van der Waals surface area contributed by atoms with Crippen LogP contribution in [0.3, 0.4) is 0 Å². The van der Waals surface area contributed by atoms with Crippen LogP contribution in [0.15, 0.2) is 42.5 Å². The molecule has 7 heteroatoms. The molecule has 1 aliphatic heterocycles. The van der Waals surface area contributed by atoms with Crippen molar-refractivity contribution in [2.75, 3.05) is 11.5 Å². The molecular weight excluding hydrogens is 331 g/mol. The second-order valence-electron chi connectivity index (χ2n) is 5.04. The molecule has 0 N–H and O–H groups in total. The summed E-state index contributed by atoms with van der Waals surface area (Å²) in [7, 11) is 0. The topological polar surface area (TPSA) is 29.5 Å². The van der Waals surface area contributed by atoms with E-state index in [0.29, 0.717) is 11.3 Å². The van der Waals surface area contributed by atoms with Gasteiger partial charge in [-0.05, 0) is 24.3 Å². The third kappa shape index (κ3) is 3.12. The van der Waals surface area contributed by atoms with E-state index < -0.39 is 17.6 Å². The summed E-state index contributed by atoms with van der Waals surface area (Å²) in [5.74, 6) is -0.0557. The molecule has 3 rings (SSSR count). The van der Waals surface area contributed by atoms with E-state index in [0.717, 1.165) is 11.0 Å². The maximum atomic E-state index is 13.3. The van der Waals surface area contributed by atoms with Crippen LogP contribution in [0.25, 0.3) is 0 Å². The number of fused-ring (bicyclic) bond motifs is 1. The zero-order valence-corrected chi connectivity index (χ0v) is 12.5. The lowest BCUT2D eigenvalue weighted by atomic mass is 10.1. The van der Waals surface area contributed by atoms with E-state index in [1.165, 1.54) is 12.1 Å². The average Bonchev–Trinajstić information content (AvgIpc) is 2.66. The second-order valence-corrected chi connectivity index (χ2v) is 5.47. The standard InChI is InChI=1S/C16H11ClF3NO2/c17-11-5-6-13(12(7-11)16(18,19)20)21-8-10-3-1-2-4-14(10)23-9-15(21)22/h1-7H,8-9H2. The zero-order chi connectivity index (χ0) is 16.6. The summed E-state index contributed by atoms with van der Waals surface area (Å²) in [4.78, 5) is 13.3. The molecule has 0 radical (unpaired) electrons. The number of carbonyl (C=O) groups excluding carboxylic acids is 1. The maximum Gasteiger partial charge on any atom is 0.418 e. The first-order valence-electron chi connectivity index (χ1n) is 6.74. The smallest absolute Gasteiger partial charge is 0.418 e. The quantitative estimate of drug-likeness (QED) is 0.774. The first-order valence-corrected chi connectivity index (χ1v) is 7.12. The predicted molar refractivity (Wildman–Crippen MR) is 79.6 cm³/mol. The van der Waals surface area contributed by atoms with Gasteiger partial charge in [-0.25, -0.2) is 0 Å². The van der Waals surface area contributed by atoms with E-state index in [9.17, 15) is 18.0 Å². The highest BCUT2D eigenvalue weighted by atomic mass is 35.5. The van der Waals surface area contributed by atoms with E-state index >= 15 is 0 Å². The van der Waals surface area contributed by atoms with E-state index in [4.69, 9.17) is 16.3 Å². The fourth-order valence-electron chi connectivity index (χ4n) is 2.44. The minimum atomic E-state index is -4.62. The molecule has 2 aromatic carbocycles. The monoisotopic (exact) mass is 341 g/mol. The van der Waals surface area contributed by atoms with Crippen molar-refractivity contribution < 1.29 is 22.7 Å². The number of ether oxygens (including phenoxy) is 1. The van der Waals surface area contributed by atoms with E-state index in [1.54, 1.807) is 24.3 Å². The fourth-order valence-corrected chi connectivity index (χ4v) is 2.61. The van der Waals surface area contributed by atoms with Gasteiger partial charge in [-0.15, -0.1) is 0 Å². The molecule has 0 spiro atoms. The van der Waals surface area contributed by atoms with Gasteiger partial charge in [0, 0.05) is 10.6 Å². The van der Waals surface area contributed by atoms with Crippen LogP contribution >= 0.6 is 11.6 Å². The number of halogens is 4. The van der Waals surface area contributed by atoms with E-state index in [2.05, 4.69) is 0 Å². The summed E-state index contributed by atoms with van der Waals surface area (Å²) in [5.41, 5.74) is -0.536. The summed E-state index contributed by atoms with van der Waals surface area (Å²) in [6.07, 6.45) is -4.62. The van der Waals surface area contributed by atoms with Gasteiger partial charge in [-0.1, -0.05) is 29.8 Å². The number of benzene rings is 2. The Morgan fingerprint density at radius 3 is 2.61 bits per heavy atom. The van der Waals surface area contributed by atoms with Gasteiger partial charge in [0.1, 0.15) is 5.75 Å². The summed E-state index contributed by atoms with van der Waals surface area (Å²) in [6.45, 7) is -0.323. The Labute approximate surface area is 135 Å². The predicted octanol–water partition coefficient (Wildman–Crippen LogP) is 4.28. The third-order valence-corrected chi connectivity index (χ3v) is 3.74. The SMILES string of the molecule is O=C1COc2ccccc2CN1c1ccc(Cl)cc1C(F)(F)F. The van der Waals surface area contributed by atoms with Gasteiger partial charge in [0.15, 0.2) is 6.61 Å². The molecule has 0 atom stereocenters. The third-order valence-electron chi connectivity index (χ3n) is 3.51. The Morgan fingerprint density at radius 1 is 1.13 bits per heavy atom. The Bertz CT molecular complexity index is 761. The fraction of sp³-hybridized carbons (Fsp3) is 0.188. The molecule has 0 saturated heterocycles. The number of anilines is 1. The Balaban J connectivity index is 2.09. The summed E-state index contributed by atoms with van der Waals surface area (Å²) in [6, 6.07) is 10.2. The normalized spacial score (nSPS) is 15.0. The van der Waals surface area contributed by atoms with Crippen LogP contribution < -0.4 is 9.64 Å². The van der Waals surface area contributed by atoms with E-state index in [1.807, 2.05) is 0 Å². The second kappa shape index (κ2) is 5.77. The van der Waals surface area contributed by atoms with Crippen LogP contribution in [0.1, 0.15) is 11.1 Å². The van der Waals surface area contributed by atoms with Crippen molar-refractivity contribution in [1.82, 2.24) is 0 Å². The van der Waals surface area contributed by atoms with Gasteiger partial charge in [-0.3, -0.25) is 4.79 Å². The Morgan fingerprint density at radius 2 is 1.87 bits per heavy atom. The molecular formula is C16H11ClF3NO2. The lowest BCUT2D eigenvalue weighted by Crippen LogP contribution is -2.33. The molecule has 1 heterocycles. The van der Waals surface area contributed by atoms with Crippen LogP contribution in [0.2, 0.25) is 5.02 Å². The lowest BCUT2D eigenvalue weighted by Gasteiger charge is -2.24. The Hall–Kier alpha value is -2.21. The van der Waals surface area contributed by atoms with Crippen molar-refractivity contribution in [2.45, 2.75) is 12.7 Å². The van der Waals surface area contributed by atoms with Crippen LogP contribution in [-0.2, 0) is 17.5 Å². The van der Waals surface area contributed by atoms with Crippen molar-refractivity contribution in [2.24, 2.45) is 0 Å². The lowest BCUT2D eigenvalue weighted by molar-refractivity contribution is -0.137. The number of amides is 1. The van der Waals surface area contributed by atoms with E-state index in [-0.39, 0.29) is 23.9 Å². The highest BCUT2D eigenvalue weighted by Crippen LogP contribution is 2.39. The number of para-hydroxylation sites is 1. The maximum absolute atomic E-state index is 13.3. The molecule has 1 amide bonds. The number of alkyl halides is 3. The molecule has 23 heavy (non-hydrogen) atoms. The van der Waals surface area contributed by atoms with Crippen LogP contribution in [0.4, 0.5) is 18.9 Å². The van der Waals surface area contributed by atoms with Crippen LogP contribution in [0.5, 0.6) is 5.75 Å². The van der Waals surface area contributed by atoms with Crippen molar-refractivity contribution in [1.29, 1.82) is 0 Å². The molecule has 0 aromatic heterocycles. The van der Waals surface area contributed by atoms with Crippen molar-refractivity contribution in [3.8, 4) is 5.75 Å². The van der Waals surface area contributed by atoms with Crippen LogP contribution in [0, 0.1) is 0 Å².